The van der Waals surface area contributed by atoms with Gasteiger partial charge in [0.25, 0.3) is 0 Å². The van der Waals surface area contributed by atoms with Crippen molar-refractivity contribution in [3.05, 3.63) is 48.8 Å². The summed E-state index contributed by atoms with van der Waals surface area (Å²) in [5, 5.41) is 1.16. The highest BCUT2D eigenvalue weighted by molar-refractivity contribution is 5.91. The Bertz CT molecular complexity index is 908. The molecule has 2 aliphatic rings. The number of pyridine rings is 1. The van der Waals surface area contributed by atoms with E-state index in [4.69, 9.17) is 9.97 Å². The molecule has 1 aliphatic carbocycles. The minimum atomic E-state index is 0.776. The van der Waals surface area contributed by atoms with E-state index in [9.17, 15) is 0 Å². The zero-order valence-corrected chi connectivity index (χ0v) is 15.0. The highest BCUT2D eigenvalue weighted by Gasteiger charge is 2.32. The van der Waals surface area contributed by atoms with E-state index in [1.54, 1.807) is 6.20 Å². The Kier molecular flexibility index (Phi) is 4.04. The van der Waals surface area contributed by atoms with Crippen molar-refractivity contribution in [1.82, 2.24) is 15.0 Å². The van der Waals surface area contributed by atoms with Crippen molar-refractivity contribution < 1.29 is 0 Å². The van der Waals surface area contributed by atoms with E-state index in [-0.39, 0.29) is 0 Å². The second-order valence-electron chi connectivity index (χ2n) is 7.67. The maximum atomic E-state index is 5.01. The van der Waals surface area contributed by atoms with Crippen molar-refractivity contribution in [3.8, 4) is 11.4 Å². The molecule has 0 N–H and O–H groups in total. The van der Waals surface area contributed by atoms with Crippen molar-refractivity contribution in [2.75, 3.05) is 18.0 Å². The van der Waals surface area contributed by atoms with Gasteiger partial charge in [-0.05, 0) is 48.9 Å². The van der Waals surface area contributed by atoms with Gasteiger partial charge >= 0.3 is 0 Å². The van der Waals surface area contributed by atoms with Gasteiger partial charge in [0.05, 0.1) is 5.52 Å². The van der Waals surface area contributed by atoms with E-state index in [0.29, 0.717) is 0 Å². The molecule has 1 saturated carbocycles. The van der Waals surface area contributed by atoms with Gasteiger partial charge < -0.3 is 4.90 Å². The van der Waals surface area contributed by atoms with Crippen LogP contribution < -0.4 is 4.90 Å². The number of nitrogens with zero attached hydrogens (tertiary/aromatic N) is 4. The fourth-order valence-corrected chi connectivity index (χ4v) is 4.72. The molecule has 2 fully saturated rings. The number of piperidine rings is 1. The van der Waals surface area contributed by atoms with Gasteiger partial charge in [-0.2, -0.15) is 0 Å². The van der Waals surface area contributed by atoms with Crippen LogP contribution in [-0.2, 0) is 0 Å². The van der Waals surface area contributed by atoms with E-state index >= 15 is 0 Å². The van der Waals surface area contributed by atoms with Crippen LogP contribution in [-0.4, -0.2) is 28.0 Å². The number of aromatic nitrogens is 3. The lowest BCUT2D eigenvalue weighted by Gasteiger charge is -2.42. The van der Waals surface area contributed by atoms with E-state index in [1.807, 2.05) is 18.3 Å². The summed E-state index contributed by atoms with van der Waals surface area (Å²) in [5.74, 6) is 3.62. The average molecular weight is 344 g/mol. The van der Waals surface area contributed by atoms with Gasteiger partial charge in [0.2, 0.25) is 0 Å². The standard InChI is InChI=1S/C22H24N4/c1-2-7-18-15-26(13-11-16(18)6-1)22-19-9-3-4-10-20(19)24-21(25-22)17-8-5-12-23-14-17/h3-5,8-10,12,14,16,18H,1-2,6-7,11,13,15H2/t16-,18+/m0/s1. The lowest BCUT2D eigenvalue weighted by atomic mass is 9.75. The Balaban J connectivity index is 1.58. The molecule has 0 radical (unpaired) electrons. The molecule has 3 aromatic rings. The molecule has 3 heterocycles. The van der Waals surface area contributed by atoms with Crippen LogP contribution in [0.15, 0.2) is 48.8 Å². The summed E-state index contributed by atoms with van der Waals surface area (Å²) in [6.45, 7) is 2.24. The first-order chi connectivity index (χ1) is 12.9. The number of anilines is 1. The Morgan fingerprint density at radius 3 is 2.65 bits per heavy atom. The monoisotopic (exact) mass is 344 g/mol. The van der Waals surface area contributed by atoms with Crippen LogP contribution in [0, 0.1) is 11.8 Å². The smallest absolute Gasteiger partial charge is 0.163 e. The highest BCUT2D eigenvalue weighted by Crippen LogP contribution is 2.38. The summed E-state index contributed by atoms with van der Waals surface area (Å²) in [6.07, 6.45) is 10.5. The number of fused-ring (bicyclic) bond motifs is 2. The molecule has 2 atom stereocenters. The lowest BCUT2D eigenvalue weighted by molar-refractivity contribution is 0.202. The van der Waals surface area contributed by atoms with E-state index in [0.717, 1.165) is 53.0 Å². The first-order valence-corrected chi connectivity index (χ1v) is 9.80. The Morgan fingerprint density at radius 1 is 0.885 bits per heavy atom. The Labute approximate surface area is 154 Å². The summed E-state index contributed by atoms with van der Waals surface area (Å²) < 4.78 is 0. The second kappa shape index (κ2) is 6.67. The fraction of sp³-hybridized carbons (Fsp3) is 0.409. The quantitative estimate of drug-likeness (QED) is 0.675. The molecule has 0 spiro atoms. The van der Waals surface area contributed by atoms with Crippen LogP contribution in [0.5, 0.6) is 0 Å². The minimum absolute atomic E-state index is 0.776. The summed E-state index contributed by atoms with van der Waals surface area (Å²) in [4.78, 5) is 16.6. The van der Waals surface area contributed by atoms with Crippen molar-refractivity contribution in [1.29, 1.82) is 0 Å². The van der Waals surface area contributed by atoms with Gasteiger partial charge in [-0.15, -0.1) is 0 Å². The molecule has 4 nitrogen and oxygen atoms in total. The summed E-state index contributed by atoms with van der Waals surface area (Å²) >= 11 is 0. The third-order valence-electron chi connectivity index (χ3n) is 6.09. The number of hydrogen-bond acceptors (Lipinski definition) is 4. The number of hydrogen-bond donors (Lipinski definition) is 0. The molecule has 132 valence electrons. The summed E-state index contributed by atoms with van der Waals surface area (Å²) in [7, 11) is 0. The number of rotatable bonds is 2. The SMILES string of the molecule is c1cncc(-c2nc(N3CC[C@@H]4CCCC[C@@H]4C3)c3ccccc3n2)c1. The van der Waals surface area contributed by atoms with Crippen molar-refractivity contribution in [3.63, 3.8) is 0 Å². The fourth-order valence-electron chi connectivity index (χ4n) is 4.72. The molecule has 0 bridgehead atoms. The van der Waals surface area contributed by atoms with Crippen LogP contribution in [0.1, 0.15) is 32.1 Å². The van der Waals surface area contributed by atoms with Crippen LogP contribution in [0.25, 0.3) is 22.3 Å². The molecular weight excluding hydrogens is 320 g/mol. The normalized spacial score (nSPS) is 23.0. The maximum absolute atomic E-state index is 5.01. The topological polar surface area (TPSA) is 41.9 Å². The van der Waals surface area contributed by atoms with Crippen molar-refractivity contribution in [2.24, 2.45) is 11.8 Å². The molecule has 0 amide bonds. The van der Waals surface area contributed by atoms with Crippen LogP contribution in [0.4, 0.5) is 5.82 Å². The van der Waals surface area contributed by atoms with Gasteiger partial charge in [-0.25, -0.2) is 9.97 Å². The zero-order chi connectivity index (χ0) is 17.3. The average Bonchev–Trinajstić information content (AvgIpc) is 2.73. The van der Waals surface area contributed by atoms with Crippen LogP contribution in [0.2, 0.25) is 0 Å². The second-order valence-corrected chi connectivity index (χ2v) is 7.67. The van der Waals surface area contributed by atoms with Gasteiger partial charge in [0.15, 0.2) is 5.82 Å². The van der Waals surface area contributed by atoms with Crippen LogP contribution in [0.3, 0.4) is 0 Å². The van der Waals surface area contributed by atoms with Gasteiger partial charge in [-0.3, -0.25) is 4.98 Å². The van der Waals surface area contributed by atoms with Gasteiger partial charge in [-0.1, -0.05) is 31.4 Å². The molecule has 26 heavy (non-hydrogen) atoms. The predicted molar refractivity (Wildman–Crippen MR) is 105 cm³/mol. The third-order valence-corrected chi connectivity index (χ3v) is 6.09. The molecule has 4 heteroatoms. The van der Waals surface area contributed by atoms with E-state index < -0.39 is 0 Å². The number of para-hydroxylation sites is 1. The molecule has 1 aliphatic heterocycles. The maximum Gasteiger partial charge on any atom is 0.163 e. The molecule has 5 rings (SSSR count). The molecule has 1 saturated heterocycles. The Morgan fingerprint density at radius 2 is 1.77 bits per heavy atom. The Hall–Kier alpha value is -2.49. The highest BCUT2D eigenvalue weighted by atomic mass is 15.2. The number of benzene rings is 1. The van der Waals surface area contributed by atoms with Gasteiger partial charge in [0.1, 0.15) is 5.82 Å². The molecule has 2 aromatic heterocycles. The van der Waals surface area contributed by atoms with Crippen molar-refractivity contribution in [2.45, 2.75) is 32.1 Å². The first kappa shape index (κ1) is 15.7. The predicted octanol–water partition coefficient (Wildman–Crippen LogP) is 4.71. The molecule has 1 aromatic carbocycles. The summed E-state index contributed by atoms with van der Waals surface area (Å²) in [6, 6.07) is 12.4. The van der Waals surface area contributed by atoms with E-state index in [2.05, 4.69) is 34.1 Å². The van der Waals surface area contributed by atoms with Crippen molar-refractivity contribution >= 4 is 16.7 Å². The zero-order valence-electron chi connectivity index (χ0n) is 15.0. The third kappa shape index (κ3) is 2.83. The molecular formula is C22H24N4. The lowest BCUT2D eigenvalue weighted by Crippen LogP contribution is -2.42. The summed E-state index contributed by atoms with van der Waals surface area (Å²) in [5.41, 5.74) is 1.99. The van der Waals surface area contributed by atoms with Gasteiger partial charge in [0, 0.05) is 36.4 Å². The molecule has 0 unspecified atom stereocenters. The van der Waals surface area contributed by atoms with E-state index in [1.165, 1.54) is 32.1 Å². The minimum Gasteiger partial charge on any atom is -0.356 e. The van der Waals surface area contributed by atoms with Crippen LogP contribution >= 0.6 is 0 Å². The first-order valence-electron chi connectivity index (χ1n) is 9.80. The largest absolute Gasteiger partial charge is 0.356 e.